The van der Waals surface area contributed by atoms with Crippen molar-refractivity contribution in [2.45, 2.75) is 70.4 Å². The Morgan fingerprint density at radius 1 is 1.10 bits per heavy atom. The van der Waals surface area contributed by atoms with Crippen molar-refractivity contribution in [2.24, 2.45) is 5.92 Å². The van der Waals surface area contributed by atoms with Crippen LogP contribution >= 0.6 is 0 Å². The lowest BCUT2D eigenvalue weighted by Crippen LogP contribution is -2.48. The second-order valence-corrected chi connectivity index (χ2v) is 6.17. The van der Waals surface area contributed by atoms with Gasteiger partial charge in [-0.05, 0) is 52.0 Å². The van der Waals surface area contributed by atoms with Crippen LogP contribution in [0.25, 0.3) is 0 Å². The van der Waals surface area contributed by atoms with Gasteiger partial charge in [0.15, 0.2) is 0 Å². The van der Waals surface area contributed by atoms with Crippen molar-refractivity contribution in [3.8, 4) is 0 Å². The third-order valence-electron chi connectivity index (χ3n) is 4.57. The van der Waals surface area contributed by atoms with E-state index in [0.717, 1.165) is 51.5 Å². The summed E-state index contributed by atoms with van der Waals surface area (Å²) in [5.41, 5.74) is 0. The molecule has 1 unspecified atom stereocenters. The molecular formula is C16H28N2O3. The normalized spacial score (nSPS) is 30.2. The number of nitrogens with one attached hydrogen (secondary N) is 2. The minimum Gasteiger partial charge on any atom is -0.466 e. The summed E-state index contributed by atoms with van der Waals surface area (Å²) in [6.07, 6.45) is 7.83. The zero-order valence-corrected chi connectivity index (χ0v) is 13.0. The van der Waals surface area contributed by atoms with Crippen molar-refractivity contribution in [3.05, 3.63) is 0 Å². The smallest absolute Gasteiger partial charge is 0.308 e. The zero-order chi connectivity index (χ0) is 15.1. The van der Waals surface area contributed by atoms with Crippen molar-refractivity contribution in [3.63, 3.8) is 0 Å². The van der Waals surface area contributed by atoms with Gasteiger partial charge >= 0.3 is 5.97 Å². The average Bonchev–Trinajstić information content (AvgIpc) is 2.77. The number of hydrogen-bond donors (Lipinski definition) is 2. The number of carbonyl (C=O) groups is 2. The van der Waals surface area contributed by atoms with Gasteiger partial charge in [-0.25, -0.2) is 0 Å². The van der Waals surface area contributed by atoms with E-state index in [9.17, 15) is 9.59 Å². The molecule has 2 fully saturated rings. The Kier molecular flexibility index (Phi) is 6.49. The third-order valence-corrected chi connectivity index (χ3v) is 4.57. The third kappa shape index (κ3) is 4.99. The molecule has 2 rings (SSSR count). The summed E-state index contributed by atoms with van der Waals surface area (Å²) in [6.45, 7) is 3.22. The molecule has 0 aromatic carbocycles. The summed E-state index contributed by atoms with van der Waals surface area (Å²) in [4.78, 5) is 24.0. The fourth-order valence-electron chi connectivity index (χ4n) is 3.29. The van der Waals surface area contributed by atoms with Crippen LogP contribution < -0.4 is 10.6 Å². The second kappa shape index (κ2) is 8.37. The lowest BCUT2D eigenvalue weighted by atomic mass is 9.86. The number of esters is 1. The first-order chi connectivity index (χ1) is 10.2. The van der Waals surface area contributed by atoms with Crippen LogP contribution in [0.2, 0.25) is 0 Å². The highest BCUT2D eigenvalue weighted by molar-refractivity contribution is 5.82. The fourth-order valence-corrected chi connectivity index (χ4v) is 3.29. The van der Waals surface area contributed by atoms with Gasteiger partial charge in [-0.1, -0.05) is 12.8 Å². The van der Waals surface area contributed by atoms with E-state index in [0.29, 0.717) is 6.61 Å². The summed E-state index contributed by atoms with van der Waals surface area (Å²) in [5.74, 6) is 0.0818. The number of hydrogen-bond acceptors (Lipinski definition) is 4. The molecule has 1 aliphatic carbocycles. The SMILES string of the molecule is CCOC(=O)C1CCC(NC(=O)C2CCCCCN2)CC1. The molecule has 0 radical (unpaired) electrons. The summed E-state index contributed by atoms with van der Waals surface area (Å²) in [7, 11) is 0. The molecule has 1 saturated carbocycles. The van der Waals surface area contributed by atoms with Gasteiger partial charge in [-0.3, -0.25) is 9.59 Å². The topological polar surface area (TPSA) is 67.4 Å². The molecule has 1 aliphatic heterocycles. The summed E-state index contributed by atoms with van der Waals surface area (Å²) in [6, 6.07) is 0.184. The van der Waals surface area contributed by atoms with Crippen molar-refractivity contribution >= 4 is 11.9 Å². The fraction of sp³-hybridized carbons (Fsp3) is 0.875. The maximum atomic E-state index is 12.3. The Morgan fingerprint density at radius 3 is 2.57 bits per heavy atom. The molecular weight excluding hydrogens is 268 g/mol. The maximum absolute atomic E-state index is 12.3. The standard InChI is InChI=1S/C16H28N2O3/c1-2-21-16(20)12-7-9-13(10-8-12)18-15(19)14-6-4-3-5-11-17-14/h12-14,17H,2-11H2,1H3,(H,18,19). The summed E-state index contributed by atoms with van der Waals surface area (Å²) in [5, 5.41) is 6.48. The largest absolute Gasteiger partial charge is 0.466 e. The highest BCUT2D eigenvalue weighted by Gasteiger charge is 2.29. The molecule has 1 amide bonds. The Hall–Kier alpha value is -1.10. The van der Waals surface area contributed by atoms with Crippen LogP contribution in [0.5, 0.6) is 0 Å². The van der Waals surface area contributed by atoms with Gasteiger partial charge in [0.2, 0.25) is 5.91 Å². The number of rotatable bonds is 4. The molecule has 0 aromatic rings. The van der Waals surface area contributed by atoms with Crippen LogP contribution in [0.15, 0.2) is 0 Å². The lowest BCUT2D eigenvalue weighted by Gasteiger charge is -2.29. The van der Waals surface area contributed by atoms with E-state index < -0.39 is 0 Å². The van der Waals surface area contributed by atoms with Crippen LogP contribution in [0, 0.1) is 5.92 Å². The summed E-state index contributed by atoms with van der Waals surface area (Å²) >= 11 is 0. The quantitative estimate of drug-likeness (QED) is 0.776. The highest BCUT2D eigenvalue weighted by atomic mass is 16.5. The molecule has 5 heteroatoms. The maximum Gasteiger partial charge on any atom is 0.308 e. The first-order valence-corrected chi connectivity index (χ1v) is 8.41. The summed E-state index contributed by atoms with van der Waals surface area (Å²) < 4.78 is 5.07. The van der Waals surface area contributed by atoms with Gasteiger partial charge in [0.05, 0.1) is 18.6 Å². The molecule has 2 N–H and O–H groups in total. The van der Waals surface area contributed by atoms with Gasteiger partial charge in [-0.15, -0.1) is 0 Å². The van der Waals surface area contributed by atoms with Crippen LogP contribution in [0.1, 0.15) is 58.3 Å². The van der Waals surface area contributed by atoms with Crippen LogP contribution in [-0.2, 0) is 14.3 Å². The monoisotopic (exact) mass is 296 g/mol. The Balaban J connectivity index is 1.72. The van der Waals surface area contributed by atoms with Gasteiger partial charge in [0.1, 0.15) is 0 Å². The predicted molar refractivity (Wildman–Crippen MR) is 80.8 cm³/mol. The molecule has 0 bridgehead atoms. The van der Waals surface area contributed by atoms with E-state index >= 15 is 0 Å². The van der Waals surface area contributed by atoms with Gasteiger partial charge < -0.3 is 15.4 Å². The van der Waals surface area contributed by atoms with E-state index in [1.54, 1.807) is 0 Å². The van der Waals surface area contributed by atoms with Crippen LogP contribution in [-0.4, -0.2) is 37.1 Å². The lowest BCUT2D eigenvalue weighted by molar-refractivity contribution is -0.149. The Labute approximate surface area is 127 Å². The predicted octanol–water partition coefficient (Wildman–Crippen LogP) is 1.76. The van der Waals surface area contributed by atoms with Crippen LogP contribution in [0.3, 0.4) is 0 Å². The van der Waals surface area contributed by atoms with Crippen molar-refractivity contribution in [2.75, 3.05) is 13.2 Å². The van der Waals surface area contributed by atoms with Crippen molar-refractivity contribution in [1.82, 2.24) is 10.6 Å². The molecule has 0 spiro atoms. The number of amides is 1. The average molecular weight is 296 g/mol. The Bertz CT molecular complexity index is 343. The molecule has 1 heterocycles. The van der Waals surface area contributed by atoms with Gasteiger partial charge in [0, 0.05) is 6.04 Å². The van der Waals surface area contributed by atoms with E-state index in [1.165, 1.54) is 6.42 Å². The first-order valence-electron chi connectivity index (χ1n) is 8.41. The molecule has 0 aromatic heterocycles. The Morgan fingerprint density at radius 2 is 1.86 bits per heavy atom. The van der Waals surface area contributed by atoms with E-state index in [2.05, 4.69) is 10.6 Å². The second-order valence-electron chi connectivity index (χ2n) is 6.17. The van der Waals surface area contributed by atoms with Crippen molar-refractivity contribution in [1.29, 1.82) is 0 Å². The molecule has 1 atom stereocenters. The van der Waals surface area contributed by atoms with E-state index in [1.807, 2.05) is 6.92 Å². The molecule has 1 saturated heterocycles. The minimum absolute atomic E-state index is 0.0223. The van der Waals surface area contributed by atoms with Crippen LogP contribution in [0.4, 0.5) is 0 Å². The minimum atomic E-state index is -0.0762. The molecule has 2 aliphatic rings. The number of carbonyl (C=O) groups excluding carboxylic acids is 2. The highest BCUT2D eigenvalue weighted by Crippen LogP contribution is 2.25. The zero-order valence-electron chi connectivity index (χ0n) is 13.0. The van der Waals surface area contributed by atoms with E-state index in [4.69, 9.17) is 4.74 Å². The molecule has 120 valence electrons. The van der Waals surface area contributed by atoms with Crippen molar-refractivity contribution < 1.29 is 14.3 Å². The van der Waals surface area contributed by atoms with Gasteiger partial charge in [0.25, 0.3) is 0 Å². The van der Waals surface area contributed by atoms with E-state index in [-0.39, 0.29) is 29.9 Å². The molecule has 21 heavy (non-hydrogen) atoms. The first kappa shape index (κ1) is 16.3. The molecule has 5 nitrogen and oxygen atoms in total. The number of ether oxygens (including phenoxy) is 1. The van der Waals surface area contributed by atoms with Gasteiger partial charge in [-0.2, -0.15) is 0 Å².